The van der Waals surface area contributed by atoms with Crippen molar-refractivity contribution in [3.63, 3.8) is 0 Å². The first-order chi connectivity index (χ1) is 12.7. The van der Waals surface area contributed by atoms with E-state index in [2.05, 4.69) is 10.1 Å². The average Bonchev–Trinajstić information content (AvgIpc) is 2.94. The molecule has 27 heavy (non-hydrogen) atoms. The number of aliphatic hydroxyl groups is 1. The molecule has 5 rings (SSSR count). The van der Waals surface area contributed by atoms with Crippen LogP contribution >= 0.6 is 0 Å². The molecule has 144 valence electrons. The molecular formula is C17H20N4O6. The monoisotopic (exact) mass is 376 g/mol. The van der Waals surface area contributed by atoms with Crippen molar-refractivity contribution in [2.45, 2.75) is 56.8 Å². The van der Waals surface area contributed by atoms with Crippen molar-refractivity contribution in [3.05, 3.63) is 24.2 Å². The maximum absolute atomic E-state index is 11.6. The molecule has 2 saturated heterocycles. The third-order valence-electron chi connectivity index (χ3n) is 5.30. The van der Waals surface area contributed by atoms with E-state index in [0.717, 1.165) is 0 Å². The quantitative estimate of drug-likeness (QED) is 0.692. The Morgan fingerprint density at radius 2 is 2.07 bits per heavy atom. The number of esters is 1. The summed E-state index contributed by atoms with van der Waals surface area (Å²) in [7, 11) is 0. The number of carbonyl (C=O) groups is 1. The molecular weight excluding hydrogens is 356 g/mol. The fourth-order valence-corrected chi connectivity index (χ4v) is 4.21. The lowest BCUT2D eigenvalue weighted by molar-refractivity contribution is -0.305. The predicted octanol–water partition coefficient (Wildman–Crippen LogP) is -0.0630. The van der Waals surface area contributed by atoms with E-state index >= 15 is 0 Å². The van der Waals surface area contributed by atoms with Gasteiger partial charge in [0.05, 0.1) is 5.92 Å². The van der Waals surface area contributed by atoms with Gasteiger partial charge < -0.3 is 29.8 Å². The second-order valence-corrected chi connectivity index (χ2v) is 7.61. The van der Waals surface area contributed by atoms with E-state index in [0.29, 0.717) is 11.2 Å². The van der Waals surface area contributed by atoms with E-state index in [4.69, 9.17) is 24.7 Å². The van der Waals surface area contributed by atoms with Crippen LogP contribution in [0.15, 0.2) is 18.5 Å². The van der Waals surface area contributed by atoms with Gasteiger partial charge in [-0.25, -0.2) is 9.50 Å². The molecule has 0 spiro atoms. The molecule has 3 aliphatic rings. The number of nitrogen functional groups attached to an aromatic ring is 1. The maximum Gasteiger partial charge on any atom is 0.303 e. The molecule has 2 aliphatic heterocycles. The third-order valence-corrected chi connectivity index (χ3v) is 5.30. The second-order valence-electron chi connectivity index (χ2n) is 7.61. The molecule has 2 aromatic heterocycles. The minimum atomic E-state index is -1.86. The highest BCUT2D eigenvalue weighted by Gasteiger charge is 2.74. The van der Waals surface area contributed by atoms with Crippen LogP contribution in [0, 0.1) is 5.92 Å². The normalized spacial score (nSPS) is 39.0. The lowest BCUT2D eigenvalue weighted by atomic mass is 9.95. The van der Waals surface area contributed by atoms with Gasteiger partial charge in [-0.2, -0.15) is 5.10 Å². The Morgan fingerprint density at radius 1 is 1.30 bits per heavy atom. The van der Waals surface area contributed by atoms with E-state index in [1.807, 2.05) is 0 Å². The lowest BCUT2D eigenvalue weighted by Crippen LogP contribution is -2.53. The number of aromatic nitrogens is 3. The molecule has 0 radical (unpaired) electrons. The van der Waals surface area contributed by atoms with Crippen LogP contribution in [0.3, 0.4) is 0 Å². The highest BCUT2D eigenvalue weighted by atomic mass is 16.8. The van der Waals surface area contributed by atoms with Crippen molar-refractivity contribution in [3.8, 4) is 0 Å². The van der Waals surface area contributed by atoms with Gasteiger partial charge in [0.1, 0.15) is 42.0 Å². The van der Waals surface area contributed by atoms with Crippen molar-refractivity contribution < 1.29 is 28.8 Å². The standard InChI is InChI=1S/C17H20N4O6/c1-7(22)24-11-10-12(11)26-17(23,14-13(10)25-16(2,3)27-14)9-5-4-8-15(18)19-6-20-21(8)9/h4-6,10-14,23H,1-3H3,(H2,18,19,20)/t10?,11?,12-,13+,14+,17?/m0/s1. The van der Waals surface area contributed by atoms with Crippen LogP contribution in [0.4, 0.5) is 5.82 Å². The summed E-state index contributed by atoms with van der Waals surface area (Å²) in [6.45, 7) is 4.87. The summed E-state index contributed by atoms with van der Waals surface area (Å²) in [5.41, 5.74) is 6.77. The summed E-state index contributed by atoms with van der Waals surface area (Å²) in [4.78, 5) is 15.4. The maximum atomic E-state index is 11.6. The van der Waals surface area contributed by atoms with Crippen LogP contribution in [0.25, 0.3) is 5.52 Å². The number of rotatable bonds is 2. The van der Waals surface area contributed by atoms with Gasteiger partial charge in [0, 0.05) is 6.92 Å². The Hall–Kier alpha value is -2.27. The fraction of sp³-hybridized carbons (Fsp3) is 0.588. The molecule has 0 amide bonds. The van der Waals surface area contributed by atoms with Crippen molar-refractivity contribution in [1.29, 1.82) is 0 Å². The summed E-state index contributed by atoms with van der Waals surface area (Å²) < 4.78 is 24.8. The van der Waals surface area contributed by atoms with Gasteiger partial charge in [-0.3, -0.25) is 4.79 Å². The zero-order valence-electron chi connectivity index (χ0n) is 15.0. The summed E-state index contributed by atoms with van der Waals surface area (Å²) in [5.74, 6) is -3.12. The minimum absolute atomic E-state index is 0.202. The van der Waals surface area contributed by atoms with Crippen LogP contribution in [-0.2, 0) is 29.5 Å². The van der Waals surface area contributed by atoms with Crippen molar-refractivity contribution >= 4 is 17.3 Å². The second kappa shape index (κ2) is 5.16. The Bertz CT molecular complexity index is 945. The zero-order chi connectivity index (χ0) is 19.1. The largest absolute Gasteiger partial charge is 0.459 e. The van der Waals surface area contributed by atoms with E-state index in [9.17, 15) is 9.90 Å². The number of anilines is 1. The third kappa shape index (κ3) is 2.30. The van der Waals surface area contributed by atoms with Crippen LogP contribution < -0.4 is 5.73 Å². The van der Waals surface area contributed by atoms with Gasteiger partial charge in [-0.1, -0.05) is 0 Å². The van der Waals surface area contributed by atoms with Gasteiger partial charge in [-0.05, 0) is 26.0 Å². The number of nitrogens with two attached hydrogens (primary N) is 1. The Morgan fingerprint density at radius 3 is 2.81 bits per heavy atom. The number of fused-ring (bicyclic) bond motifs is 4. The van der Waals surface area contributed by atoms with Crippen LogP contribution in [0.2, 0.25) is 0 Å². The van der Waals surface area contributed by atoms with E-state index in [1.165, 1.54) is 17.8 Å². The first kappa shape index (κ1) is 16.9. The summed E-state index contributed by atoms with van der Waals surface area (Å²) in [6, 6.07) is 3.36. The highest BCUT2D eigenvalue weighted by molar-refractivity contribution is 5.67. The molecule has 2 aromatic rings. The molecule has 1 aliphatic carbocycles. The van der Waals surface area contributed by atoms with Gasteiger partial charge in [0.25, 0.3) is 0 Å². The van der Waals surface area contributed by atoms with E-state index in [-0.39, 0.29) is 11.7 Å². The Labute approximate surface area is 154 Å². The first-order valence-electron chi connectivity index (χ1n) is 8.73. The lowest BCUT2D eigenvalue weighted by Gasteiger charge is -2.37. The van der Waals surface area contributed by atoms with Gasteiger partial charge >= 0.3 is 5.97 Å². The first-order valence-corrected chi connectivity index (χ1v) is 8.73. The number of carbonyl (C=O) groups excluding carboxylic acids is 1. The number of hydrogen-bond acceptors (Lipinski definition) is 9. The van der Waals surface area contributed by atoms with Crippen LogP contribution in [0.5, 0.6) is 0 Å². The van der Waals surface area contributed by atoms with Gasteiger partial charge in [0.15, 0.2) is 11.6 Å². The highest BCUT2D eigenvalue weighted by Crippen LogP contribution is 2.57. The zero-order valence-corrected chi connectivity index (χ0v) is 15.0. The van der Waals surface area contributed by atoms with Crippen molar-refractivity contribution in [2.24, 2.45) is 5.92 Å². The van der Waals surface area contributed by atoms with Crippen LogP contribution in [-0.4, -0.2) is 55.9 Å². The molecule has 3 unspecified atom stereocenters. The smallest absolute Gasteiger partial charge is 0.303 e. The Kier molecular flexibility index (Phi) is 3.23. The molecule has 3 fully saturated rings. The van der Waals surface area contributed by atoms with Gasteiger partial charge in [-0.15, -0.1) is 0 Å². The fourth-order valence-electron chi connectivity index (χ4n) is 4.21. The van der Waals surface area contributed by atoms with Crippen LogP contribution in [0.1, 0.15) is 26.5 Å². The molecule has 3 N–H and O–H groups in total. The summed E-state index contributed by atoms with van der Waals surface area (Å²) in [5, 5.41) is 15.8. The Balaban J connectivity index is 1.60. The van der Waals surface area contributed by atoms with E-state index in [1.54, 1.807) is 26.0 Å². The SMILES string of the molecule is CC(=O)OC1C2[C@@H]1OC(O)(c1ccc3c(N)ncnn13)[C@@H]1OC(C)(C)O[C@H]21. The van der Waals surface area contributed by atoms with Crippen molar-refractivity contribution in [1.82, 2.24) is 14.6 Å². The molecule has 10 heteroatoms. The number of ether oxygens (including phenoxy) is 4. The summed E-state index contributed by atoms with van der Waals surface area (Å²) >= 11 is 0. The molecule has 6 atom stereocenters. The van der Waals surface area contributed by atoms with Gasteiger partial charge in [0.2, 0.25) is 5.79 Å². The average molecular weight is 376 g/mol. The van der Waals surface area contributed by atoms with Crippen molar-refractivity contribution in [2.75, 3.05) is 5.73 Å². The number of hydrogen-bond donors (Lipinski definition) is 2. The molecule has 4 heterocycles. The summed E-state index contributed by atoms with van der Waals surface area (Å²) in [6.07, 6.45) is -1.02. The number of nitrogens with zero attached hydrogens (tertiary/aromatic N) is 3. The molecule has 0 aromatic carbocycles. The van der Waals surface area contributed by atoms with E-state index < -0.39 is 42.0 Å². The molecule has 10 nitrogen and oxygen atoms in total. The topological polar surface area (TPSA) is 130 Å². The molecule has 1 saturated carbocycles. The minimum Gasteiger partial charge on any atom is -0.459 e. The predicted molar refractivity (Wildman–Crippen MR) is 89.0 cm³/mol. The molecule has 0 bridgehead atoms.